The number of hydrogen-bond acceptors (Lipinski definition) is 5. The molecule has 0 saturated carbocycles. The molecule has 1 fully saturated rings. The first kappa shape index (κ1) is 16.0. The summed E-state index contributed by atoms with van der Waals surface area (Å²) in [7, 11) is 0. The summed E-state index contributed by atoms with van der Waals surface area (Å²) in [6, 6.07) is 0. The van der Waals surface area contributed by atoms with Crippen molar-refractivity contribution in [1.29, 1.82) is 0 Å². The van der Waals surface area contributed by atoms with Gasteiger partial charge in [-0.25, -0.2) is 0 Å². The molecule has 1 saturated heterocycles. The number of likely N-dealkylation sites (tertiary alicyclic amines) is 1. The molecule has 23 heavy (non-hydrogen) atoms. The standard InChI is InChI=1S/C15H20ClN5O2/c1-10-18-13(19-23-10)11-5-4-6-20(8-11)14(22)15(2,3)21-9-12(16)7-17-21/h7,9,11H,4-6,8H2,1-3H3/t11-/m1/s1. The minimum Gasteiger partial charge on any atom is -0.340 e. The fraction of sp³-hybridized carbons (Fsp3) is 0.600. The highest BCUT2D eigenvalue weighted by atomic mass is 35.5. The zero-order valence-electron chi connectivity index (χ0n) is 13.5. The fourth-order valence-corrected chi connectivity index (χ4v) is 3.08. The Morgan fingerprint density at radius 2 is 2.26 bits per heavy atom. The second-order valence-corrected chi connectivity index (χ2v) is 6.86. The van der Waals surface area contributed by atoms with Crippen molar-refractivity contribution >= 4 is 17.5 Å². The molecule has 124 valence electrons. The van der Waals surface area contributed by atoms with Gasteiger partial charge in [-0.15, -0.1) is 0 Å². The minimum absolute atomic E-state index is 0.0159. The Kier molecular flexibility index (Phi) is 4.14. The van der Waals surface area contributed by atoms with E-state index in [9.17, 15) is 4.79 Å². The Balaban J connectivity index is 1.76. The molecule has 0 spiro atoms. The summed E-state index contributed by atoms with van der Waals surface area (Å²) in [6.07, 6.45) is 5.08. The van der Waals surface area contributed by atoms with Gasteiger partial charge in [0, 0.05) is 32.1 Å². The van der Waals surface area contributed by atoms with Crippen LogP contribution in [0.4, 0.5) is 0 Å². The maximum Gasteiger partial charge on any atom is 0.249 e. The molecule has 2 aromatic rings. The van der Waals surface area contributed by atoms with E-state index in [1.165, 1.54) is 6.20 Å². The highest BCUT2D eigenvalue weighted by Gasteiger charge is 2.37. The van der Waals surface area contributed by atoms with Gasteiger partial charge >= 0.3 is 0 Å². The molecule has 1 atom stereocenters. The Morgan fingerprint density at radius 1 is 1.48 bits per heavy atom. The third-order valence-corrected chi connectivity index (χ3v) is 4.46. The Labute approximate surface area is 139 Å². The van der Waals surface area contributed by atoms with Gasteiger partial charge in [0.25, 0.3) is 0 Å². The van der Waals surface area contributed by atoms with E-state index < -0.39 is 5.54 Å². The quantitative estimate of drug-likeness (QED) is 0.859. The highest BCUT2D eigenvalue weighted by molar-refractivity contribution is 6.30. The lowest BCUT2D eigenvalue weighted by Crippen LogP contribution is -2.50. The third kappa shape index (κ3) is 3.10. The van der Waals surface area contributed by atoms with Crippen molar-refractivity contribution in [1.82, 2.24) is 24.8 Å². The highest BCUT2D eigenvalue weighted by Crippen LogP contribution is 2.28. The summed E-state index contributed by atoms with van der Waals surface area (Å²) < 4.78 is 6.67. The normalized spacial score (nSPS) is 19.1. The van der Waals surface area contributed by atoms with Gasteiger partial charge in [-0.2, -0.15) is 10.1 Å². The van der Waals surface area contributed by atoms with Crippen LogP contribution < -0.4 is 0 Å². The van der Waals surface area contributed by atoms with Gasteiger partial charge in [0.05, 0.1) is 11.2 Å². The molecule has 0 bridgehead atoms. The van der Waals surface area contributed by atoms with Crippen molar-refractivity contribution < 1.29 is 9.32 Å². The summed E-state index contributed by atoms with van der Waals surface area (Å²) in [5.41, 5.74) is -0.789. The van der Waals surface area contributed by atoms with E-state index in [-0.39, 0.29) is 11.8 Å². The number of rotatable bonds is 3. The Bertz CT molecular complexity index is 708. The molecule has 0 aromatic carbocycles. The lowest BCUT2D eigenvalue weighted by atomic mass is 9.94. The van der Waals surface area contributed by atoms with E-state index in [0.717, 1.165) is 19.4 Å². The SMILES string of the molecule is Cc1nc([C@@H]2CCCN(C(=O)C(C)(C)n3cc(Cl)cn3)C2)no1. The zero-order chi connectivity index (χ0) is 16.6. The number of carbonyl (C=O) groups is 1. The lowest BCUT2D eigenvalue weighted by Gasteiger charge is -2.36. The average molecular weight is 338 g/mol. The Morgan fingerprint density at radius 3 is 2.87 bits per heavy atom. The molecular formula is C15H20ClN5O2. The van der Waals surface area contributed by atoms with Crippen LogP contribution in [0.5, 0.6) is 0 Å². The van der Waals surface area contributed by atoms with Crippen molar-refractivity contribution in [3.63, 3.8) is 0 Å². The van der Waals surface area contributed by atoms with Crippen molar-refractivity contribution in [2.24, 2.45) is 0 Å². The van der Waals surface area contributed by atoms with E-state index in [1.807, 2.05) is 18.7 Å². The average Bonchev–Trinajstić information content (AvgIpc) is 3.15. The van der Waals surface area contributed by atoms with Crippen LogP contribution in [0.25, 0.3) is 0 Å². The van der Waals surface area contributed by atoms with Crippen LogP contribution in [-0.4, -0.2) is 43.8 Å². The molecule has 3 heterocycles. The van der Waals surface area contributed by atoms with Crippen LogP contribution >= 0.6 is 11.6 Å². The van der Waals surface area contributed by atoms with E-state index in [4.69, 9.17) is 16.1 Å². The van der Waals surface area contributed by atoms with Crippen molar-refractivity contribution in [3.8, 4) is 0 Å². The second kappa shape index (κ2) is 5.96. The number of hydrogen-bond donors (Lipinski definition) is 0. The van der Waals surface area contributed by atoms with Gasteiger partial charge in [-0.1, -0.05) is 16.8 Å². The van der Waals surface area contributed by atoms with E-state index >= 15 is 0 Å². The monoisotopic (exact) mass is 337 g/mol. The van der Waals surface area contributed by atoms with E-state index in [1.54, 1.807) is 17.8 Å². The number of aromatic nitrogens is 4. The summed E-state index contributed by atoms with van der Waals surface area (Å²) in [4.78, 5) is 19.1. The van der Waals surface area contributed by atoms with Gasteiger partial charge in [0.2, 0.25) is 11.8 Å². The molecule has 8 heteroatoms. The molecule has 0 aliphatic carbocycles. The number of amides is 1. The maximum absolute atomic E-state index is 13.0. The summed E-state index contributed by atoms with van der Waals surface area (Å²) in [6.45, 7) is 6.79. The first-order valence-electron chi connectivity index (χ1n) is 7.68. The van der Waals surface area contributed by atoms with Crippen LogP contribution in [0, 0.1) is 6.92 Å². The summed E-state index contributed by atoms with van der Waals surface area (Å²) in [5.74, 6) is 1.36. The first-order valence-corrected chi connectivity index (χ1v) is 8.06. The molecule has 1 amide bonds. The van der Waals surface area contributed by atoms with Crippen LogP contribution in [0.1, 0.15) is 44.3 Å². The minimum atomic E-state index is -0.789. The topological polar surface area (TPSA) is 77.1 Å². The van der Waals surface area contributed by atoms with Crippen LogP contribution in [0.3, 0.4) is 0 Å². The molecule has 3 rings (SSSR count). The molecule has 7 nitrogen and oxygen atoms in total. The van der Waals surface area contributed by atoms with Crippen molar-refractivity contribution in [3.05, 3.63) is 29.1 Å². The van der Waals surface area contributed by atoms with Gasteiger partial charge < -0.3 is 9.42 Å². The maximum atomic E-state index is 13.0. The zero-order valence-corrected chi connectivity index (χ0v) is 14.2. The van der Waals surface area contributed by atoms with Crippen LogP contribution in [0.15, 0.2) is 16.9 Å². The largest absolute Gasteiger partial charge is 0.340 e. The molecule has 1 aliphatic heterocycles. The fourth-order valence-electron chi connectivity index (χ4n) is 2.94. The summed E-state index contributed by atoms with van der Waals surface area (Å²) in [5, 5.41) is 8.70. The summed E-state index contributed by atoms with van der Waals surface area (Å²) >= 11 is 5.93. The molecule has 0 radical (unpaired) electrons. The number of piperidine rings is 1. The Hall–Kier alpha value is -1.89. The third-order valence-electron chi connectivity index (χ3n) is 4.26. The lowest BCUT2D eigenvalue weighted by molar-refractivity contribution is -0.141. The van der Waals surface area contributed by atoms with Crippen LogP contribution in [0.2, 0.25) is 5.02 Å². The number of halogens is 1. The van der Waals surface area contributed by atoms with E-state index in [2.05, 4.69) is 15.2 Å². The van der Waals surface area contributed by atoms with Crippen LogP contribution in [-0.2, 0) is 10.3 Å². The van der Waals surface area contributed by atoms with E-state index in [0.29, 0.717) is 23.3 Å². The predicted molar refractivity (Wildman–Crippen MR) is 84.1 cm³/mol. The van der Waals surface area contributed by atoms with Crippen molar-refractivity contribution in [2.45, 2.75) is 45.1 Å². The molecular weight excluding hydrogens is 318 g/mol. The molecule has 2 aromatic heterocycles. The molecule has 1 aliphatic rings. The number of carbonyl (C=O) groups excluding carboxylic acids is 1. The van der Waals surface area contributed by atoms with Gasteiger partial charge in [-0.05, 0) is 26.7 Å². The number of nitrogens with zero attached hydrogens (tertiary/aromatic N) is 5. The second-order valence-electron chi connectivity index (χ2n) is 6.42. The van der Waals surface area contributed by atoms with Crippen molar-refractivity contribution in [2.75, 3.05) is 13.1 Å². The molecule has 0 unspecified atom stereocenters. The predicted octanol–water partition coefficient (Wildman–Crippen LogP) is 2.37. The number of aryl methyl sites for hydroxylation is 1. The van der Waals surface area contributed by atoms with Gasteiger partial charge in [-0.3, -0.25) is 9.48 Å². The first-order chi connectivity index (χ1) is 10.9. The van der Waals surface area contributed by atoms with Gasteiger partial charge in [0.15, 0.2) is 5.82 Å². The molecule has 0 N–H and O–H groups in total. The van der Waals surface area contributed by atoms with Gasteiger partial charge in [0.1, 0.15) is 5.54 Å². The smallest absolute Gasteiger partial charge is 0.249 e.